The molecule has 6 nitrogen and oxygen atoms in total. The number of para-hydroxylation sites is 1. The first kappa shape index (κ1) is 17.5. The van der Waals surface area contributed by atoms with E-state index in [9.17, 15) is 23.2 Å². The minimum absolute atomic E-state index is 0.557. The predicted octanol–water partition coefficient (Wildman–Crippen LogP) is 2.37. The summed E-state index contributed by atoms with van der Waals surface area (Å²) in [7, 11) is 0. The van der Waals surface area contributed by atoms with Crippen LogP contribution >= 0.6 is 0 Å². The number of amides is 4. The first-order valence-corrected chi connectivity index (χ1v) is 7.76. The van der Waals surface area contributed by atoms with E-state index in [1.165, 1.54) is 6.92 Å². The van der Waals surface area contributed by atoms with Gasteiger partial charge in [0.2, 0.25) is 5.91 Å². The third-order valence-corrected chi connectivity index (χ3v) is 4.16. The molecule has 2 N–H and O–H groups in total. The number of urea groups is 1. The highest BCUT2D eigenvalue weighted by molar-refractivity contribution is 6.10. The number of anilines is 1. The van der Waals surface area contributed by atoms with Crippen LogP contribution in [0.2, 0.25) is 0 Å². The van der Waals surface area contributed by atoms with Gasteiger partial charge in [0, 0.05) is 0 Å². The normalized spacial score (nSPS) is 19.4. The zero-order valence-electron chi connectivity index (χ0n) is 13.8. The van der Waals surface area contributed by atoms with Gasteiger partial charge in [-0.15, -0.1) is 0 Å². The topological polar surface area (TPSA) is 78.5 Å². The Kier molecular flexibility index (Phi) is 4.41. The molecule has 1 aliphatic heterocycles. The van der Waals surface area contributed by atoms with Gasteiger partial charge in [0.05, 0.1) is 0 Å². The molecule has 0 bridgehead atoms. The Hall–Kier alpha value is -3.29. The molecule has 8 heteroatoms. The number of benzene rings is 2. The van der Waals surface area contributed by atoms with Crippen LogP contribution in [-0.4, -0.2) is 29.3 Å². The lowest BCUT2D eigenvalue weighted by Gasteiger charge is -2.22. The second-order valence-corrected chi connectivity index (χ2v) is 5.96. The monoisotopic (exact) mass is 359 g/mol. The van der Waals surface area contributed by atoms with Crippen LogP contribution in [0.5, 0.6) is 0 Å². The Morgan fingerprint density at radius 2 is 1.69 bits per heavy atom. The fraction of sp³-hybridized carbons (Fsp3) is 0.167. The van der Waals surface area contributed by atoms with E-state index in [0.29, 0.717) is 10.5 Å². The van der Waals surface area contributed by atoms with Crippen molar-refractivity contribution < 1.29 is 23.2 Å². The van der Waals surface area contributed by atoms with Crippen molar-refractivity contribution in [2.24, 2.45) is 0 Å². The third kappa shape index (κ3) is 3.01. The lowest BCUT2D eigenvalue weighted by atomic mass is 9.92. The molecule has 0 aliphatic carbocycles. The second-order valence-electron chi connectivity index (χ2n) is 5.96. The van der Waals surface area contributed by atoms with Gasteiger partial charge in [-0.1, -0.05) is 36.4 Å². The van der Waals surface area contributed by atoms with E-state index in [1.54, 1.807) is 30.3 Å². The number of nitrogens with one attached hydrogen (secondary N) is 2. The quantitative estimate of drug-likeness (QED) is 0.823. The van der Waals surface area contributed by atoms with Crippen molar-refractivity contribution in [3.05, 3.63) is 65.7 Å². The summed E-state index contributed by atoms with van der Waals surface area (Å²) in [6, 6.07) is 10.9. The molecule has 2 aromatic carbocycles. The number of hydrogen-bond acceptors (Lipinski definition) is 3. The van der Waals surface area contributed by atoms with Gasteiger partial charge in [-0.3, -0.25) is 14.5 Å². The molecule has 0 spiro atoms. The molecule has 0 radical (unpaired) electrons. The summed E-state index contributed by atoms with van der Waals surface area (Å²) in [5.41, 5.74) is -1.39. The van der Waals surface area contributed by atoms with Crippen molar-refractivity contribution in [3.63, 3.8) is 0 Å². The Labute approximate surface area is 147 Å². The van der Waals surface area contributed by atoms with E-state index in [2.05, 4.69) is 10.6 Å². The zero-order valence-corrected chi connectivity index (χ0v) is 13.8. The van der Waals surface area contributed by atoms with Gasteiger partial charge in [-0.25, -0.2) is 13.6 Å². The highest BCUT2D eigenvalue weighted by Gasteiger charge is 2.49. The van der Waals surface area contributed by atoms with Gasteiger partial charge in [0.15, 0.2) is 0 Å². The van der Waals surface area contributed by atoms with E-state index in [4.69, 9.17) is 0 Å². The van der Waals surface area contributed by atoms with Crippen molar-refractivity contribution in [3.8, 4) is 0 Å². The largest absolute Gasteiger partial charge is 0.325 e. The number of carbonyl (C=O) groups is 3. The van der Waals surface area contributed by atoms with Crippen molar-refractivity contribution in [2.75, 3.05) is 11.9 Å². The molecule has 1 fully saturated rings. The van der Waals surface area contributed by atoms with Crippen LogP contribution in [0.1, 0.15) is 12.5 Å². The van der Waals surface area contributed by atoms with Crippen LogP contribution in [0.25, 0.3) is 0 Å². The molecule has 0 unspecified atom stereocenters. The molecule has 1 heterocycles. The van der Waals surface area contributed by atoms with Gasteiger partial charge in [0.25, 0.3) is 5.91 Å². The number of rotatable bonds is 4. The summed E-state index contributed by atoms with van der Waals surface area (Å²) in [5.74, 6) is -3.43. The number of carbonyl (C=O) groups excluding carboxylic acids is 3. The third-order valence-electron chi connectivity index (χ3n) is 4.16. The molecular weight excluding hydrogens is 344 g/mol. The standard InChI is InChI=1S/C18H15F2N3O3/c1-18(11-6-3-2-4-7-11)16(25)23(17(26)22-18)10-14(24)21-15-12(19)8-5-9-13(15)20/h2-9H,10H2,1H3,(H,21,24)(H,22,26)/t18-/m0/s1. The fourth-order valence-corrected chi connectivity index (χ4v) is 2.75. The summed E-state index contributed by atoms with van der Waals surface area (Å²) in [6.07, 6.45) is 0. The first-order valence-electron chi connectivity index (χ1n) is 7.76. The zero-order chi connectivity index (χ0) is 18.9. The maximum atomic E-state index is 13.6. The first-order chi connectivity index (χ1) is 12.3. The van der Waals surface area contributed by atoms with Crippen molar-refractivity contribution in [1.29, 1.82) is 0 Å². The Morgan fingerprint density at radius 1 is 1.08 bits per heavy atom. The molecular formula is C18H15F2N3O3. The Bertz CT molecular complexity index is 868. The summed E-state index contributed by atoms with van der Waals surface area (Å²) < 4.78 is 27.2. The van der Waals surface area contributed by atoms with Crippen molar-refractivity contribution in [1.82, 2.24) is 10.2 Å². The number of nitrogens with zero attached hydrogens (tertiary/aromatic N) is 1. The van der Waals surface area contributed by atoms with Crippen LogP contribution in [-0.2, 0) is 15.1 Å². The maximum Gasteiger partial charge on any atom is 0.325 e. The van der Waals surface area contributed by atoms with Gasteiger partial charge in [0.1, 0.15) is 29.4 Å². The van der Waals surface area contributed by atoms with Crippen molar-refractivity contribution in [2.45, 2.75) is 12.5 Å². The summed E-state index contributed by atoms with van der Waals surface area (Å²) >= 11 is 0. The van der Waals surface area contributed by atoms with E-state index in [1.807, 2.05) is 0 Å². The highest BCUT2D eigenvalue weighted by atomic mass is 19.1. The smallest absolute Gasteiger partial charge is 0.320 e. The Morgan fingerprint density at radius 3 is 2.31 bits per heavy atom. The highest BCUT2D eigenvalue weighted by Crippen LogP contribution is 2.28. The molecule has 1 aliphatic rings. The molecule has 0 saturated carbocycles. The van der Waals surface area contributed by atoms with Crippen LogP contribution in [0.3, 0.4) is 0 Å². The SMILES string of the molecule is C[C@@]1(c2ccccc2)NC(=O)N(CC(=O)Nc2c(F)cccc2F)C1=O. The lowest BCUT2D eigenvalue weighted by molar-refractivity contribution is -0.133. The molecule has 0 aromatic heterocycles. The second kappa shape index (κ2) is 6.55. The molecule has 26 heavy (non-hydrogen) atoms. The fourth-order valence-electron chi connectivity index (χ4n) is 2.75. The van der Waals surface area contributed by atoms with Crippen LogP contribution < -0.4 is 10.6 Å². The minimum Gasteiger partial charge on any atom is -0.320 e. The number of halogens is 2. The summed E-state index contributed by atoms with van der Waals surface area (Å²) in [4.78, 5) is 37.6. The van der Waals surface area contributed by atoms with Crippen LogP contribution in [0.15, 0.2) is 48.5 Å². The molecule has 1 atom stereocenters. The van der Waals surface area contributed by atoms with E-state index < -0.39 is 47.3 Å². The van der Waals surface area contributed by atoms with Gasteiger partial charge >= 0.3 is 6.03 Å². The average molecular weight is 359 g/mol. The maximum absolute atomic E-state index is 13.6. The molecule has 1 saturated heterocycles. The number of imide groups is 1. The van der Waals surface area contributed by atoms with Crippen LogP contribution in [0, 0.1) is 11.6 Å². The molecule has 2 aromatic rings. The Balaban J connectivity index is 1.77. The molecule has 134 valence electrons. The van der Waals surface area contributed by atoms with Gasteiger partial charge in [-0.2, -0.15) is 0 Å². The lowest BCUT2D eigenvalue weighted by Crippen LogP contribution is -2.42. The predicted molar refractivity (Wildman–Crippen MR) is 89.0 cm³/mol. The average Bonchev–Trinajstić information content (AvgIpc) is 2.83. The van der Waals surface area contributed by atoms with Crippen molar-refractivity contribution >= 4 is 23.5 Å². The molecule has 4 amide bonds. The number of hydrogen-bond donors (Lipinski definition) is 2. The van der Waals surface area contributed by atoms with Crippen LogP contribution in [0.4, 0.5) is 19.3 Å². The van der Waals surface area contributed by atoms with Gasteiger partial charge < -0.3 is 10.6 Å². The van der Waals surface area contributed by atoms with E-state index in [-0.39, 0.29) is 0 Å². The van der Waals surface area contributed by atoms with E-state index in [0.717, 1.165) is 18.2 Å². The summed E-state index contributed by atoms with van der Waals surface area (Å²) in [6.45, 7) is 0.859. The molecule has 3 rings (SSSR count). The minimum atomic E-state index is -1.32. The summed E-state index contributed by atoms with van der Waals surface area (Å²) in [5, 5.41) is 4.60. The van der Waals surface area contributed by atoms with E-state index >= 15 is 0 Å². The van der Waals surface area contributed by atoms with Gasteiger partial charge in [-0.05, 0) is 24.6 Å².